The molecule has 0 radical (unpaired) electrons. The first-order valence-corrected chi connectivity index (χ1v) is 8.86. The Morgan fingerprint density at radius 2 is 1.89 bits per heavy atom. The van der Waals surface area contributed by atoms with E-state index < -0.39 is 11.3 Å². The van der Waals surface area contributed by atoms with Crippen LogP contribution in [0.2, 0.25) is 0 Å². The molecule has 136 valence electrons. The van der Waals surface area contributed by atoms with Gasteiger partial charge in [-0.15, -0.1) is 0 Å². The van der Waals surface area contributed by atoms with Crippen molar-refractivity contribution in [2.24, 2.45) is 17.1 Å². The Morgan fingerprint density at radius 1 is 1.22 bits per heavy atom. The molecule has 1 aromatic rings. The van der Waals surface area contributed by atoms with E-state index >= 15 is 0 Å². The molecular weight excluding hydrogens is 338 g/mol. The van der Waals surface area contributed by atoms with Crippen LogP contribution in [0.4, 0.5) is 0 Å². The molecule has 1 heterocycles. The van der Waals surface area contributed by atoms with Crippen molar-refractivity contribution >= 4 is 0 Å². The summed E-state index contributed by atoms with van der Waals surface area (Å²) in [6.45, 7) is 3.82. The first kappa shape index (κ1) is 18.5. The van der Waals surface area contributed by atoms with E-state index in [0.29, 0.717) is 19.7 Å². The van der Waals surface area contributed by atoms with Crippen molar-refractivity contribution < 1.29 is 4.74 Å². The minimum absolute atomic E-state index is 0.0564. The number of nitrogens with two attached hydrogens (primary N) is 1. The average Bonchev–Trinajstić information content (AvgIpc) is 2.68. The molecule has 3 rings (SSSR count). The highest BCUT2D eigenvalue weighted by Gasteiger charge is 2.54. The number of allylic oxidation sites excluding steroid dienone is 2. The average molecular weight is 359 g/mol. The summed E-state index contributed by atoms with van der Waals surface area (Å²) in [4.78, 5) is 2.12. The molecule has 27 heavy (non-hydrogen) atoms. The fourth-order valence-corrected chi connectivity index (χ4v) is 4.14. The quantitative estimate of drug-likeness (QED) is 0.887. The fourth-order valence-electron chi connectivity index (χ4n) is 4.14. The van der Waals surface area contributed by atoms with E-state index in [1.807, 2.05) is 44.3 Å². The Kier molecular flexibility index (Phi) is 4.91. The van der Waals surface area contributed by atoms with E-state index in [1.54, 1.807) is 0 Å². The first-order valence-electron chi connectivity index (χ1n) is 8.86. The fraction of sp³-hybridized carbons (Fsp3) is 0.381. The Morgan fingerprint density at radius 3 is 2.44 bits per heavy atom. The Hall–Kier alpha value is -3.27. The van der Waals surface area contributed by atoms with Crippen molar-refractivity contribution in [3.8, 4) is 24.0 Å². The van der Waals surface area contributed by atoms with E-state index in [1.165, 1.54) is 0 Å². The number of benzene rings is 1. The van der Waals surface area contributed by atoms with E-state index in [9.17, 15) is 15.8 Å². The van der Waals surface area contributed by atoms with Gasteiger partial charge in [-0.3, -0.25) is 0 Å². The zero-order valence-corrected chi connectivity index (χ0v) is 15.4. The van der Waals surface area contributed by atoms with Gasteiger partial charge in [-0.25, -0.2) is 0 Å². The van der Waals surface area contributed by atoms with Crippen LogP contribution in [0, 0.1) is 45.3 Å². The summed E-state index contributed by atoms with van der Waals surface area (Å²) in [6, 6.07) is 13.9. The summed E-state index contributed by atoms with van der Waals surface area (Å²) < 4.78 is 5.51. The smallest absolute Gasteiger partial charge is 0.191 e. The van der Waals surface area contributed by atoms with Crippen LogP contribution in [0.25, 0.3) is 0 Å². The van der Waals surface area contributed by atoms with Crippen LogP contribution in [0.5, 0.6) is 5.75 Å². The normalized spacial score (nSPS) is 24.0. The molecule has 6 nitrogen and oxygen atoms in total. The van der Waals surface area contributed by atoms with Gasteiger partial charge in [0, 0.05) is 24.9 Å². The first-order chi connectivity index (χ1) is 13.0. The lowest BCUT2D eigenvalue weighted by atomic mass is 9.58. The SMILES string of the molecule is CCOc1ccc([C@H]2[C@@H]3CN(C)CC=C3C(C#N)=C(N)C2(C#N)C#N)cc1. The van der Waals surface area contributed by atoms with Gasteiger partial charge in [0.15, 0.2) is 5.41 Å². The molecule has 2 aliphatic rings. The molecule has 1 aliphatic heterocycles. The van der Waals surface area contributed by atoms with Crippen molar-refractivity contribution in [2.45, 2.75) is 12.8 Å². The van der Waals surface area contributed by atoms with Gasteiger partial charge in [0.2, 0.25) is 0 Å². The second kappa shape index (κ2) is 7.16. The second-order valence-electron chi connectivity index (χ2n) is 6.90. The highest BCUT2D eigenvalue weighted by Crippen LogP contribution is 2.54. The molecule has 6 heteroatoms. The highest BCUT2D eigenvalue weighted by atomic mass is 16.5. The van der Waals surface area contributed by atoms with Crippen LogP contribution in [0.3, 0.4) is 0 Å². The lowest BCUT2D eigenvalue weighted by molar-refractivity contribution is 0.237. The van der Waals surface area contributed by atoms with Gasteiger partial charge in [0.25, 0.3) is 0 Å². The van der Waals surface area contributed by atoms with Gasteiger partial charge in [0.05, 0.1) is 30.0 Å². The number of fused-ring (bicyclic) bond motifs is 1. The Labute approximate surface area is 159 Å². The van der Waals surface area contributed by atoms with Crippen LogP contribution >= 0.6 is 0 Å². The maximum absolute atomic E-state index is 10.00. The molecule has 0 saturated carbocycles. The maximum Gasteiger partial charge on any atom is 0.191 e. The summed E-state index contributed by atoms with van der Waals surface area (Å²) in [5.41, 5.74) is 6.70. The Bertz CT molecular complexity index is 909. The molecule has 0 spiro atoms. The zero-order valence-electron chi connectivity index (χ0n) is 15.4. The van der Waals surface area contributed by atoms with Crippen LogP contribution in [0.1, 0.15) is 18.4 Å². The monoisotopic (exact) mass is 359 g/mol. The molecule has 1 aliphatic carbocycles. The summed E-state index contributed by atoms with van der Waals surface area (Å²) in [5, 5.41) is 29.7. The molecule has 2 N–H and O–H groups in total. The number of ether oxygens (including phenoxy) is 1. The standard InChI is InChI=1S/C21H21N5O/c1-3-27-15-6-4-14(5-7-15)19-18-11-26(2)9-8-16(18)17(10-22)20(25)21(19,12-23)13-24/h4-8,18-19H,3,9,11,25H2,1-2H3/t18-,19+/m1/s1. The number of rotatable bonds is 3. The predicted molar refractivity (Wildman–Crippen MR) is 99.9 cm³/mol. The van der Waals surface area contributed by atoms with E-state index in [-0.39, 0.29) is 17.2 Å². The van der Waals surface area contributed by atoms with Gasteiger partial charge in [-0.1, -0.05) is 18.2 Å². The minimum atomic E-state index is -1.58. The predicted octanol–water partition coefficient (Wildman–Crippen LogP) is 2.44. The number of hydrogen-bond acceptors (Lipinski definition) is 6. The van der Waals surface area contributed by atoms with Crippen LogP contribution in [-0.4, -0.2) is 31.6 Å². The summed E-state index contributed by atoms with van der Waals surface area (Å²) in [5.74, 6) is 0.103. The Balaban J connectivity index is 2.23. The molecule has 0 amide bonds. The summed E-state index contributed by atoms with van der Waals surface area (Å²) in [7, 11) is 1.98. The third-order valence-electron chi connectivity index (χ3n) is 5.40. The van der Waals surface area contributed by atoms with E-state index in [2.05, 4.69) is 23.1 Å². The molecule has 0 aromatic heterocycles. The van der Waals surface area contributed by atoms with Crippen LogP contribution in [-0.2, 0) is 0 Å². The van der Waals surface area contributed by atoms with Crippen molar-refractivity contribution in [1.82, 2.24) is 4.90 Å². The lowest BCUT2D eigenvalue weighted by Crippen LogP contribution is -2.47. The summed E-state index contributed by atoms with van der Waals surface area (Å²) >= 11 is 0. The molecule has 0 unspecified atom stereocenters. The van der Waals surface area contributed by atoms with E-state index in [0.717, 1.165) is 16.9 Å². The minimum Gasteiger partial charge on any atom is -0.494 e. The molecule has 0 bridgehead atoms. The summed E-state index contributed by atoms with van der Waals surface area (Å²) in [6.07, 6.45) is 1.99. The maximum atomic E-state index is 10.00. The van der Waals surface area contributed by atoms with Gasteiger partial charge in [-0.05, 0) is 37.2 Å². The highest BCUT2D eigenvalue weighted by molar-refractivity contribution is 5.59. The molecular formula is C21H21N5O. The number of hydrogen-bond donors (Lipinski definition) is 1. The topological polar surface area (TPSA) is 110 Å². The van der Waals surface area contributed by atoms with Gasteiger partial charge in [0.1, 0.15) is 11.8 Å². The molecule has 1 aromatic carbocycles. The number of nitriles is 3. The lowest BCUT2D eigenvalue weighted by Gasteiger charge is -2.45. The molecule has 0 saturated heterocycles. The number of likely N-dealkylation sites (N-methyl/N-ethyl adjacent to an activating group) is 1. The van der Waals surface area contributed by atoms with Crippen molar-refractivity contribution in [3.63, 3.8) is 0 Å². The van der Waals surface area contributed by atoms with Gasteiger partial charge in [-0.2, -0.15) is 15.8 Å². The molecule has 2 atom stereocenters. The third-order valence-corrected chi connectivity index (χ3v) is 5.40. The third kappa shape index (κ3) is 2.83. The van der Waals surface area contributed by atoms with Crippen LogP contribution in [0.15, 0.2) is 47.2 Å². The van der Waals surface area contributed by atoms with E-state index in [4.69, 9.17) is 10.5 Å². The van der Waals surface area contributed by atoms with Crippen LogP contribution < -0.4 is 10.5 Å². The molecule has 0 fully saturated rings. The van der Waals surface area contributed by atoms with Crippen molar-refractivity contribution in [2.75, 3.05) is 26.7 Å². The second-order valence-corrected chi connectivity index (χ2v) is 6.90. The van der Waals surface area contributed by atoms with Gasteiger partial charge >= 0.3 is 0 Å². The van der Waals surface area contributed by atoms with Gasteiger partial charge < -0.3 is 15.4 Å². The van der Waals surface area contributed by atoms with Crippen molar-refractivity contribution in [3.05, 3.63) is 52.7 Å². The number of nitrogens with zero attached hydrogens (tertiary/aromatic N) is 4. The largest absolute Gasteiger partial charge is 0.494 e. The zero-order chi connectivity index (χ0) is 19.6. The van der Waals surface area contributed by atoms with Crippen molar-refractivity contribution in [1.29, 1.82) is 15.8 Å².